The number of thiophene rings is 1. The number of furan rings is 1. The minimum absolute atomic E-state index is 0.444. The van der Waals surface area contributed by atoms with Crippen LogP contribution in [0.2, 0.25) is 0 Å². The van der Waals surface area contributed by atoms with Crippen molar-refractivity contribution in [2.45, 2.75) is 10.8 Å². The number of benzene rings is 18. The van der Waals surface area contributed by atoms with Gasteiger partial charge < -0.3 is 14.2 Å². The summed E-state index contributed by atoms with van der Waals surface area (Å²) in [5, 5.41) is 7.49. The maximum Gasteiger partial charge on any atom is 0.143 e. The van der Waals surface area contributed by atoms with Gasteiger partial charge in [-0.05, 0) is 219 Å². The van der Waals surface area contributed by atoms with E-state index in [4.69, 9.17) is 4.42 Å². The fourth-order valence-corrected chi connectivity index (χ4v) is 20.9. The van der Waals surface area contributed by atoms with Gasteiger partial charge in [-0.3, -0.25) is 0 Å². The molecule has 0 saturated carbocycles. The first-order chi connectivity index (χ1) is 55.5. The topological polar surface area (TPSA) is 19.6 Å². The molecule has 0 bridgehead atoms. The summed E-state index contributed by atoms with van der Waals surface area (Å²) >= 11 is 1.93. The van der Waals surface area contributed by atoms with Gasteiger partial charge in [-0.1, -0.05) is 315 Å². The van der Waals surface area contributed by atoms with Gasteiger partial charge in [-0.2, -0.15) is 0 Å². The molecule has 24 rings (SSSR count). The molecule has 2 spiro atoms. The molecule has 0 fully saturated rings. The van der Waals surface area contributed by atoms with Crippen molar-refractivity contribution in [1.82, 2.24) is 0 Å². The van der Waals surface area contributed by atoms with E-state index in [-0.39, 0.29) is 0 Å². The Morgan fingerprint density at radius 3 is 1.23 bits per heavy atom. The zero-order valence-electron chi connectivity index (χ0n) is 61.0. The van der Waals surface area contributed by atoms with Crippen LogP contribution in [0.3, 0.4) is 0 Å². The van der Waals surface area contributed by atoms with Crippen LogP contribution in [-0.4, -0.2) is 0 Å². The minimum atomic E-state index is -0.537. The monoisotopic (exact) mass is 1440 g/mol. The number of hydrogen-bond acceptors (Lipinski definition) is 4. The van der Waals surface area contributed by atoms with Gasteiger partial charge >= 0.3 is 0 Å². The number of rotatable bonds is 9. The van der Waals surface area contributed by atoms with Gasteiger partial charge in [0.15, 0.2) is 0 Å². The van der Waals surface area contributed by atoms with Gasteiger partial charge in [0.25, 0.3) is 0 Å². The lowest BCUT2D eigenvalue weighted by atomic mass is 9.70. The molecular formula is C108H68N2OS. The average molecular weight is 1440 g/mol. The third kappa shape index (κ3) is 9.46. The zero-order valence-corrected chi connectivity index (χ0v) is 61.8. The fraction of sp³-hybridized carbons (Fsp3) is 0.0185. The SMILES string of the molecule is c1ccc(-c2cc(-c3ccccc3)cc(N(c3ccccc3)c3ccc4c(c3)C3(c5ccccc5-4)c4ccccc4-c4c3ccc3c4oc4ccccc43)c2)cc1.c1ccc(N(c2ccc(-c3ccc4ccccc4c3)cc2)c2ccc3c(c2)C2(c4ccccc4-3)c3ccccc3-c3c2ccc2c3sc3ccccc32)cc1. The van der Waals surface area contributed by atoms with Crippen molar-refractivity contribution in [3.05, 3.63) is 457 Å². The Morgan fingerprint density at radius 2 is 0.634 bits per heavy atom. The van der Waals surface area contributed by atoms with E-state index in [1.165, 1.54) is 153 Å². The van der Waals surface area contributed by atoms with E-state index in [0.29, 0.717) is 0 Å². The molecule has 0 saturated heterocycles. The molecule has 2 unspecified atom stereocenters. The second-order valence-electron chi connectivity index (χ2n) is 30.0. The maximum atomic E-state index is 6.80. The summed E-state index contributed by atoms with van der Waals surface area (Å²) in [6.07, 6.45) is 0. The number of hydrogen-bond donors (Lipinski definition) is 0. The first-order valence-electron chi connectivity index (χ1n) is 38.7. The molecule has 4 aliphatic rings. The van der Waals surface area contributed by atoms with Crippen molar-refractivity contribution in [2.75, 3.05) is 9.80 Å². The minimum Gasteiger partial charge on any atom is -0.455 e. The van der Waals surface area contributed by atoms with Gasteiger partial charge in [-0.15, -0.1) is 11.3 Å². The summed E-state index contributed by atoms with van der Waals surface area (Å²) in [5.74, 6) is 0. The molecule has 0 radical (unpaired) electrons. The van der Waals surface area contributed by atoms with Crippen LogP contribution < -0.4 is 9.80 Å². The highest BCUT2D eigenvalue weighted by molar-refractivity contribution is 7.26. The van der Waals surface area contributed by atoms with Crippen molar-refractivity contribution >= 4 is 98.3 Å². The summed E-state index contributed by atoms with van der Waals surface area (Å²) in [4.78, 5) is 4.85. The highest BCUT2D eigenvalue weighted by Gasteiger charge is 2.54. The Balaban J connectivity index is 0.000000134. The Labute approximate surface area is 653 Å². The second kappa shape index (κ2) is 25.2. The first kappa shape index (κ1) is 63.9. The molecule has 4 heteroatoms. The molecule has 2 atom stereocenters. The molecule has 2 heterocycles. The van der Waals surface area contributed by atoms with Gasteiger partial charge in [0.05, 0.1) is 10.8 Å². The maximum absolute atomic E-state index is 6.80. The lowest BCUT2D eigenvalue weighted by molar-refractivity contribution is 0.669. The molecule has 0 amide bonds. The summed E-state index contributed by atoms with van der Waals surface area (Å²) in [6.45, 7) is 0. The number of nitrogens with zero attached hydrogens (tertiary/aromatic N) is 2. The molecule has 4 aliphatic carbocycles. The largest absolute Gasteiger partial charge is 0.455 e. The lowest BCUT2D eigenvalue weighted by Gasteiger charge is -2.32. The summed E-state index contributed by atoms with van der Waals surface area (Å²) in [6, 6.07) is 152. The van der Waals surface area contributed by atoms with Crippen molar-refractivity contribution in [1.29, 1.82) is 0 Å². The summed E-state index contributed by atoms with van der Waals surface area (Å²) in [5.41, 5.74) is 35.6. The van der Waals surface area contributed by atoms with E-state index in [1.807, 2.05) is 11.3 Å². The van der Waals surface area contributed by atoms with Gasteiger partial charge in [0, 0.05) is 76.2 Å². The van der Waals surface area contributed by atoms with E-state index in [1.54, 1.807) is 0 Å². The lowest BCUT2D eigenvalue weighted by Crippen LogP contribution is -2.26. The Kier molecular flexibility index (Phi) is 14.4. The van der Waals surface area contributed by atoms with E-state index >= 15 is 0 Å². The van der Waals surface area contributed by atoms with Crippen LogP contribution in [0.1, 0.15) is 44.5 Å². The van der Waals surface area contributed by atoms with Crippen LogP contribution in [0.15, 0.2) is 417 Å². The van der Waals surface area contributed by atoms with Crippen molar-refractivity contribution < 1.29 is 4.42 Å². The molecule has 522 valence electrons. The van der Waals surface area contributed by atoms with Crippen LogP contribution in [-0.2, 0) is 10.8 Å². The highest BCUT2D eigenvalue weighted by atomic mass is 32.1. The predicted octanol–water partition coefficient (Wildman–Crippen LogP) is 29.4. The molecule has 3 nitrogen and oxygen atoms in total. The zero-order chi connectivity index (χ0) is 73.6. The van der Waals surface area contributed by atoms with E-state index in [0.717, 1.165) is 56.1 Å². The van der Waals surface area contributed by atoms with Crippen LogP contribution in [0.25, 0.3) is 131 Å². The highest BCUT2D eigenvalue weighted by Crippen LogP contribution is 2.67. The molecule has 20 aromatic rings. The average Bonchev–Trinajstić information content (AvgIpc) is 1.51. The van der Waals surface area contributed by atoms with Gasteiger partial charge in [0.2, 0.25) is 0 Å². The third-order valence-corrected chi connectivity index (χ3v) is 25.5. The van der Waals surface area contributed by atoms with Crippen LogP contribution >= 0.6 is 11.3 Å². The molecule has 0 N–H and O–H groups in total. The Bertz CT molecular complexity index is 7140. The van der Waals surface area contributed by atoms with Crippen LogP contribution in [0, 0.1) is 0 Å². The van der Waals surface area contributed by atoms with Gasteiger partial charge in [0.1, 0.15) is 11.2 Å². The van der Waals surface area contributed by atoms with Crippen LogP contribution in [0.5, 0.6) is 0 Å². The second-order valence-corrected chi connectivity index (χ2v) is 31.1. The third-order valence-electron chi connectivity index (χ3n) is 24.3. The molecule has 0 aliphatic heterocycles. The standard InChI is InChI=1S/C55H35NO.C53H33NS/c1-4-16-36(17-5-1)38-32-39(37-18-6-2-7-19-37)34-42(33-38)56(40-20-8-3-9-21-40)41-28-29-44-43-22-10-13-25-48(43)55(51(44)35-41)49-26-14-11-24-47(49)53-50(55)31-30-46-45-23-12-15-27-52(45)57-54(46)53;1-2-14-38(15-3-1)54(39-26-24-35(25-27-39)37-23-22-34-12-4-5-13-36(34)32-37)40-28-29-42-41-16-6-9-19-46(41)53(49(42)33-40)47-20-10-7-18-45(47)51-48(53)31-30-44-43-17-8-11-21-50(43)55-52(44)51/h1-35H;1-33H. The van der Waals surface area contributed by atoms with Crippen LogP contribution in [0.4, 0.5) is 34.1 Å². The van der Waals surface area contributed by atoms with Gasteiger partial charge in [-0.25, -0.2) is 0 Å². The smallest absolute Gasteiger partial charge is 0.143 e. The molecule has 112 heavy (non-hydrogen) atoms. The molecule has 18 aromatic carbocycles. The summed E-state index contributed by atoms with van der Waals surface area (Å²) in [7, 11) is 0. The normalized spacial score (nSPS) is 14.9. The summed E-state index contributed by atoms with van der Waals surface area (Å²) < 4.78 is 9.51. The number of fused-ring (bicyclic) bond motifs is 29. The first-order valence-corrected chi connectivity index (χ1v) is 39.5. The fourth-order valence-electron chi connectivity index (χ4n) is 19.6. The number of para-hydroxylation sites is 3. The van der Waals surface area contributed by atoms with Crippen molar-refractivity contribution in [2.24, 2.45) is 0 Å². The Morgan fingerprint density at radius 1 is 0.214 bits per heavy atom. The predicted molar refractivity (Wildman–Crippen MR) is 469 cm³/mol. The molecule has 2 aromatic heterocycles. The van der Waals surface area contributed by atoms with E-state index < -0.39 is 10.8 Å². The number of anilines is 6. The van der Waals surface area contributed by atoms with E-state index in [9.17, 15) is 0 Å². The Hall–Kier alpha value is -14.2. The van der Waals surface area contributed by atoms with Crippen molar-refractivity contribution in [3.8, 4) is 77.9 Å². The van der Waals surface area contributed by atoms with E-state index in [2.05, 4.69) is 422 Å². The van der Waals surface area contributed by atoms with Crippen molar-refractivity contribution in [3.63, 3.8) is 0 Å². The molecular weight excluding hydrogens is 1370 g/mol. The quantitative estimate of drug-likeness (QED) is 0.144.